The Morgan fingerprint density at radius 2 is 1.65 bits per heavy atom. The first-order chi connectivity index (χ1) is 15.2. The van der Waals surface area contributed by atoms with Gasteiger partial charge in [0, 0.05) is 43.5 Å². The first-order valence-corrected chi connectivity index (χ1v) is 11.1. The van der Waals surface area contributed by atoms with Crippen molar-refractivity contribution >= 4 is 42.4 Å². The van der Waals surface area contributed by atoms with Crippen LogP contribution in [-0.2, 0) is 0 Å². The lowest BCUT2D eigenvalue weighted by atomic mass is 9.98. The van der Waals surface area contributed by atoms with E-state index in [-0.39, 0.29) is 0 Å². The minimum absolute atomic E-state index is 0.950. The molecular formula is C27H19N3S. The second-order valence-corrected chi connectivity index (χ2v) is 8.98. The lowest BCUT2D eigenvalue weighted by Crippen LogP contribution is -1.91. The third kappa shape index (κ3) is 2.91. The Labute approximate surface area is 184 Å². The van der Waals surface area contributed by atoms with Crippen LogP contribution in [0.15, 0.2) is 79.4 Å². The smallest absolute Gasteiger partial charge is 0.116 e. The first-order valence-electron chi connectivity index (χ1n) is 10.3. The molecule has 31 heavy (non-hydrogen) atoms. The van der Waals surface area contributed by atoms with E-state index in [1.165, 1.54) is 36.9 Å². The summed E-state index contributed by atoms with van der Waals surface area (Å²) in [6, 6.07) is 21.6. The SMILES string of the molecule is Cc1cc(-c2ncnc3cc(-c4ccncc4)ccc23)c2sc3cccc(C)c3c2c1. The molecule has 3 aromatic carbocycles. The van der Waals surface area contributed by atoms with Crippen LogP contribution < -0.4 is 0 Å². The molecule has 6 aromatic rings. The minimum Gasteiger partial charge on any atom is -0.265 e. The molecule has 0 radical (unpaired) electrons. The molecule has 148 valence electrons. The second kappa shape index (κ2) is 6.96. The number of aryl methyl sites for hydroxylation is 2. The van der Waals surface area contributed by atoms with Crippen molar-refractivity contribution in [1.29, 1.82) is 0 Å². The standard InChI is InChI=1S/C27H19N3S/c1-16-12-21-25-17(2)4-3-5-24(25)31-27(21)22(13-16)26-20-7-6-19(14-23(20)29-15-30-26)18-8-10-28-11-9-18/h3-15H,1-2H3. The molecule has 3 aromatic heterocycles. The summed E-state index contributed by atoms with van der Waals surface area (Å²) in [5, 5.41) is 3.74. The topological polar surface area (TPSA) is 38.7 Å². The summed E-state index contributed by atoms with van der Waals surface area (Å²) in [6.45, 7) is 4.35. The summed E-state index contributed by atoms with van der Waals surface area (Å²) < 4.78 is 2.60. The Kier molecular flexibility index (Phi) is 4.08. The number of fused-ring (bicyclic) bond motifs is 4. The van der Waals surface area contributed by atoms with Gasteiger partial charge in [-0.25, -0.2) is 9.97 Å². The number of aromatic nitrogens is 3. The Bertz CT molecular complexity index is 1600. The van der Waals surface area contributed by atoms with Crippen LogP contribution in [0.5, 0.6) is 0 Å². The molecule has 0 spiro atoms. The molecule has 0 unspecified atom stereocenters. The molecular weight excluding hydrogens is 398 g/mol. The molecule has 3 nitrogen and oxygen atoms in total. The van der Waals surface area contributed by atoms with E-state index in [9.17, 15) is 0 Å². The van der Waals surface area contributed by atoms with E-state index in [0.717, 1.165) is 27.7 Å². The molecule has 0 saturated carbocycles. The maximum Gasteiger partial charge on any atom is 0.116 e. The third-order valence-corrected chi connectivity index (χ3v) is 7.06. The van der Waals surface area contributed by atoms with E-state index < -0.39 is 0 Å². The van der Waals surface area contributed by atoms with Crippen molar-refractivity contribution in [1.82, 2.24) is 15.0 Å². The van der Waals surface area contributed by atoms with Crippen LogP contribution in [0, 0.1) is 13.8 Å². The molecule has 0 aliphatic rings. The van der Waals surface area contributed by atoms with Gasteiger partial charge in [0.2, 0.25) is 0 Å². The predicted molar refractivity (Wildman–Crippen MR) is 131 cm³/mol. The zero-order valence-electron chi connectivity index (χ0n) is 17.3. The van der Waals surface area contributed by atoms with Crippen molar-refractivity contribution < 1.29 is 0 Å². The Balaban J connectivity index is 1.63. The van der Waals surface area contributed by atoms with Crippen LogP contribution in [0.25, 0.3) is 53.5 Å². The van der Waals surface area contributed by atoms with Gasteiger partial charge in [0.25, 0.3) is 0 Å². The van der Waals surface area contributed by atoms with E-state index in [1.54, 1.807) is 6.33 Å². The summed E-state index contributed by atoms with van der Waals surface area (Å²) in [7, 11) is 0. The van der Waals surface area contributed by atoms with Crippen LogP contribution >= 0.6 is 11.3 Å². The molecule has 0 aliphatic heterocycles. The second-order valence-electron chi connectivity index (χ2n) is 7.93. The number of thiophene rings is 1. The van der Waals surface area contributed by atoms with Gasteiger partial charge in [0.05, 0.1) is 11.2 Å². The fourth-order valence-electron chi connectivity index (χ4n) is 4.42. The van der Waals surface area contributed by atoms with Gasteiger partial charge < -0.3 is 0 Å². The predicted octanol–water partition coefficient (Wildman–Crippen LogP) is 7.34. The highest BCUT2D eigenvalue weighted by Gasteiger charge is 2.16. The molecule has 0 saturated heterocycles. The van der Waals surface area contributed by atoms with Crippen LogP contribution in [0.3, 0.4) is 0 Å². The number of rotatable bonds is 2. The van der Waals surface area contributed by atoms with Gasteiger partial charge in [0.1, 0.15) is 6.33 Å². The quantitative estimate of drug-likeness (QED) is 0.296. The molecule has 4 heteroatoms. The summed E-state index contributed by atoms with van der Waals surface area (Å²) in [5.41, 5.74) is 7.94. The summed E-state index contributed by atoms with van der Waals surface area (Å²) >= 11 is 1.85. The fourth-order valence-corrected chi connectivity index (χ4v) is 5.70. The Morgan fingerprint density at radius 1 is 0.774 bits per heavy atom. The maximum absolute atomic E-state index is 4.75. The van der Waals surface area contributed by atoms with E-state index in [1.807, 2.05) is 35.9 Å². The highest BCUT2D eigenvalue weighted by molar-refractivity contribution is 7.26. The molecule has 0 N–H and O–H groups in total. The van der Waals surface area contributed by atoms with E-state index in [2.05, 4.69) is 72.3 Å². The largest absolute Gasteiger partial charge is 0.265 e. The number of hydrogen-bond donors (Lipinski definition) is 0. The van der Waals surface area contributed by atoms with E-state index >= 15 is 0 Å². The van der Waals surface area contributed by atoms with Crippen molar-refractivity contribution in [3.05, 3.63) is 90.5 Å². The van der Waals surface area contributed by atoms with Crippen LogP contribution in [0.1, 0.15) is 11.1 Å². The van der Waals surface area contributed by atoms with Gasteiger partial charge >= 0.3 is 0 Å². The number of pyridine rings is 1. The number of benzene rings is 3. The van der Waals surface area contributed by atoms with Crippen LogP contribution in [-0.4, -0.2) is 15.0 Å². The Morgan fingerprint density at radius 3 is 2.52 bits per heavy atom. The van der Waals surface area contributed by atoms with Crippen LogP contribution in [0.4, 0.5) is 0 Å². The lowest BCUT2D eigenvalue weighted by Gasteiger charge is -2.10. The van der Waals surface area contributed by atoms with Gasteiger partial charge in [-0.1, -0.05) is 18.2 Å². The highest BCUT2D eigenvalue weighted by Crippen LogP contribution is 2.42. The van der Waals surface area contributed by atoms with Crippen molar-refractivity contribution in [3.8, 4) is 22.4 Å². The molecule has 6 rings (SSSR count). The van der Waals surface area contributed by atoms with E-state index in [4.69, 9.17) is 4.98 Å². The number of hydrogen-bond acceptors (Lipinski definition) is 4. The van der Waals surface area contributed by atoms with Gasteiger partial charge in [-0.15, -0.1) is 11.3 Å². The van der Waals surface area contributed by atoms with Gasteiger partial charge in [-0.2, -0.15) is 0 Å². The molecule has 0 bridgehead atoms. The fraction of sp³-hybridized carbons (Fsp3) is 0.0741. The van der Waals surface area contributed by atoms with Crippen molar-refractivity contribution in [2.24, 2.45) is 0 Å². The monoisotopic (exact) mass is 417 g/mol. The normalized spacial score (nSPS) is 11.5. The molecule has 0 atom stereocenters. The molecule has 3 heterocycles. The van der Waals surface area contributed by atoms with Gasteiger partial charge in [0.15, 0.2) is 0 Å². The minimum atomic E-state index is 0.950. The lowest BCUT2D eigenvalue weighted by molar-refractivity contribution is 1.23. The molecule has 0 amide bonds. The summed E-state index contributed by atoms with van der Waals surface area (Å²) in [6.07, 6.45) is 5.32. The number of nitrogens with zero attached hydrogens (tertiary/aromatic N) is 3. The summed E-state index contributed by atoms with van der Waals surface area (Å²) in [4.78, 5) is 13.5. The van der Waals surface area contributed by atoms with Crippen molar-refractivity contribution in [3.63, 3.8) is 0 Å². The van der Waals surface area contributed by atoms with Crippen LogP contribution in [0.2, 0.25) is 0 Å². The molecule has 0 aliphatic carbocycles. The zero-order chi connectivity index (χ0) is 20.9. The van der Waals surface area contributed by atoms with Gasteiger partial charge in [-0.05, 0) is 78.6 Å². The maximum atomic E-state index is 4.75. The molecule has 0 fully saturated rings. The first kappa shape index (κ1) is 18.2. The van der Waals surface area contributed by atoms with Gasteiger partial charge in [-0.3, -0.25) is 4.98 Å². The van der Waals surface area contributed by atoms with Crippen molar-refractivity contribution in [2.75, 3.05) is 0 Å². The highest BCUT2D eigenvalue weighted by atomic mass is 32.1. The van der Waals surface area contributed by atoms with E-state index in [0.29, 0.717) is 0 Å². The third-order valence-electron chi connectivity index (χ3n) is 5.85. The zero-order valence-corrected chi connectivity index (χ0v) is 18.1. The average molecular weight is 418 g/mol. The summed E-state index contributed by atoms with van der Waals surface area (Å²) in [5.74, 6) is 0. The Hall–Kier alpha value is -3.63. The van der Waals surface area contributed by atoms with Crippen molar-refractivity contribution in [2.45, 2.75) is 13.8 Å². The average Bonchev–Trinajstić information content (AvgIpc) is 3.18.